The van der Waals surface area contributed by atoms with E-state index in [4.69, 9.17) is 11.6 Å². The lowest BCUT2D eigenvalue weighted by Gasteiger charge is -2.30. The van der Waals surface area contributed by atoms with Crippen LogP contribution < -0.4 is 5.32 Å². The maximum Gasteiger partial charge on any atom is 0.246 e. The highest BCUT2D eigenvalue weighted by Crippen LogP contribution is 2.28. The van der Waals surface area contributed by atoms with Crippen molar-refractivity contribution in [1.82, 2.24) is 4.31 Å². The topological polar surface area (TPSA) is 66.5 Å². The molecule has 0 aromatic heterocycles. The molecule has 138 valence electrons. The monoisotopic (exact) mass is 396 g/mol. The lowest BCUT2D eigenvalue weighted by atomic mass is 9.97. The summed E-state index contributed by atoms with van der Waals surface area (Å²) in [4.78, 5) is 11.9. The molecule has 0 spiro atoms. The second-order valence-electron chi connectivity index (χ2n) is 6.09. The molecule has 0 saturated carbocycles. The third-order valence-corrected chi connectivity index (χ3v) is 6.61. The summed E-state index contributed by atoms with van der Waals surface area (Å²) in [6, 6.07) is 13.0. The Hall–Kier alpha value is -1.96. The van der Waals surface area contributed by atoms with Crippen molar-refractivity contribution in [2.75, 3.05) is 18.4 Å². The highest BCUT2D eigenvalue weighted by Gasteiger charge is 2.33. The first kappa shape index (κ1) is 18.8. The van der Waals surface area contributed by atoms with E-state index in [2.05, 4.69) is 5.32 Å². The van der Waals surface area contributed by atoms with E-state index in [9.17, 15) is 17.6 Å². The summed E-state index contributed by atoms with van der Waals surface area (Å²) >= 11 is 5.69. The van der Waals surface area contributed by atoms with Crippen LogP contribution in [0.15, 0.2) is 53.4 Å². The molecule has 0 bridgehead atoms. The number of sulfonamides is 1. The standard InChI is InChI=1S/C18H18ClFN2O3S/c19-15-7-4-8-16(17(15)20)26(24,25)22-11-9-13(10-12-22)18(23)21-14-5-2-1-3-6-14/h1-8,13H,9-12H2,(H,21,23). The van der Waals surface area contributed by atoms with Gasteiger partial charge in [0.2, 0.25) is 15.9 Å². The Morgan fingerprint density at radius 2 is 1.73 bits per heavy atom. The Morgan fingerprint density at radius 1 is 1.08 bits per heavy atom. The zero-order valence-corrected chi connectivity index (χ0v) is 15.4. The number of anilines is 1. The molecule has 3 rings (SSSR count). The molecule has 8 heteroatoms. The average molecular weight is 397 g/mol. The molecule has 1 N–H and O–H groups in total. The molecule has 1 saturated heterocycles. The number of nitrogens with zero attached hydrogens (tertiary/aromatic N) is 1. The fraction of sp³-hybridized carbons (Fsp3) is 0.278. The number of piperidine rings is 1. The quantitative estimate of drug-likeness (QED) is 0.859. The van der Waals surface area contributed by atoms with Crippen molar-refractivity contribution in [3.8, 4) is 0 Å². The first-order valence-electron chi connectivity index (χ1n) is 8.19. The van der Waals surface area contributed by atoms with Gasteiger partial charge in [-0.3, -0.25) is 4.79 Å². The van der Waals surface area contributed by atoms with E-state index in [1.807, 2.05) is 18.2 Å². The minimum atomic E-state index is -3.98. The molecule has 26 heavy (non-hydrogen) atoms. The van der Waals surface area contributed by atoms with Gasteiger partial charge < -0.3 is 5.32 Å². The highest BCUT2D eigenvalue weighted by atomic mass is 35.5. The van der Waals surface area contributed by atoms with Gasteiger partial charge in [0, 0.05) is 24.7 Å². The summed E-state index contributed by atoms with van der Waals surface area (Å²) in [5.41, 5.74) is 0.702. The molecular weight excluding hydrogens is 379 g/mol. The Balaban J connectivity index is 1.66. The zero-order chi connectivity index (χ0) is 18.7. The van der Waals surface area contributed by atoms with Crippen molar-refractivity contribution < 1.29 is 17.6 Å². The molecule has 2 aromatic rings. The van der Waals surface area contributed by atoms with Crippen LogP contribution in [0.4, 0.5) is 10.1 Å². The molecule has 2 aromatic carbocycles. The van der Waals surface area contributed by atoms with E-state index >= 15 is 0 Å². The van der Waals surface area contributed by atoms with Gasteiger partial charge in [0.1, 0.15) is 4.90 Å². The van der Waals surface area contributed by atoms with Crippen molar-refractivity contribution in [3.63, 3.8) is 0 Å². The Morgan fingerprint density at radius 3 is 2.38 bits per heavy atom. The predicted octanol–water partition coefficient (Wildman–Crippen LogP) is 3.52. The number of benzene rings is 2. The number of rotatable bonds is 4. The van der Waals surface area contributed by atoms with Crippen LogP contribution in [0.2, 0.25) is 5.02 Å². The smallest absolute Gasteiger partial charge is 0.246 e. The average Bonchev–Trinajstić information content (AvgIpc) is 2.64. The van der Waals surface area contributed by atoms with Gasteiger partial charge in [0.15, 0.2) is 5.82 Å². The SMILES string of the molecule is O=C(Nc1ccccc1)C1CCN(S(=O)(=O)c2cccc(Cl)c2F)CC1. The molecule has 1 amide bonds. The van der Waals surface area contributed by atoms with Gasteiger partial charge in [-0.25, -0.2) is 12.8 Å². The number of hydrogen-bond donors (Lipinski definition) is 1. The maximum absolute atomic E-state index is 14.1. The van der Waals surface area contributed by atoms with Gasteiger partial charge in [-0.1, -0.05) is 35.9 Å². The Bertz CT molecular complexity index is 898. The first-order valence-corrected chi connectivity index (χ1v) is 10.0. The number of hydrogen-bond acceptors (Lipinski definition) is 3. The molecular formula is C18H18ClFN2O3S. The van der Waals surface area contributed by atoms with Crippen LogP contribution in [0.1, 0.15) is 12.8 Å². The van der Waals surface area contributed by atoms with Crippen LogP contribution in [0.5, 0.6) is 0 Å². The highest BCUT2D eigenvalue weighted by molar-refractivity contribution is 7.89. The molecule has 0 atom stereocenters. The van der Waals surface area contributed by atoms with Gasteiger partial charge in [-0.05, 0) is 37.1 Å². The summed E-state index contributed by atoms with van der Waals surface area (Å²) in [6.07, 6.45) is 0.750. The maximum atomic E-state index is 14.1. The van der Waals surface area contributed by atoms with Crippen molar-refractivity contribution in [2.24, 2.45) is 5.92 Å². The van der Waals surface area contributed by atoms with Gasteiger partial charge in [0.25, 0.3) is 0 Å². The number of nitrogens with one attached hydrogen (secondary N) is 1. The molecule has 0 aliphatic carbocycles. The molecule has 1 heterocycles. The second-order valence-corrected chi connectivity index (χ2v) is 8.40. The molecule has 1 fully saturated rings. The van der Waals surface area contributed by atoms with E-state index in [1.54, 1.807) is 12.1 Å². The van der Waals surface area contributed by atoms with Crippen LogP contribution in [-0.2, 0) is 14.8 Å². The number of carbonyl (C=O) groups excluding carboxylic acids is 1. The summed E-state index contributed by atoms with van der Waals surface area (Å²) < 4.78 is 40.6. The number of carbonyl (C=O) groups is 1. The second kappa shape index (κ2) is 7.73. The van der Waals surface area contributed by atoms with Crippen LogP contribution in [0, 0.1) is 11.7 Å². The van der Waals surface area contributed by atoms with Gasteiger partial charge in [-0.2, -0.15) is 4.31 Å². The van der Waals surface area contributed by atoms with Crippen molar-refractivity contribution >= 4 is 33.2 Å². The molecule has 0 unspecified atom stereocenters. The number of amides is 1. The molecule has 1 aliphatic heterocycles. The van der Waals surface area contributed by atoms with E-state index in [1.165, 1.54) is 22.5 Å². The fourth-order valence-corrected chi connectivity index (χ4v) is 4.73. The third kappa shape index (κ3) is 3.90. The molecule has 0 radical (unpaired) electrons. The van der Waals surface area contributed by atoms with Crippen LogP contribution >= 0.6 is 11.6 Å². The lowest BCUT2D eigenvalue weighted by Crippen LogP contribution is -2.41. The van der Waals surface area contributed by atoms with Crippen molar-refractivity contribution in [2.45, 2.75) is 17.7 Å². The Kier molecular flexibility index (Phi) is 5.60. The Labute approximate surface area is 156 Å². The fourth-order valence-electron chi connectivity index (χ4n) is 2.95. The largest absolute Gasteiger partial charge is 0.326 e. The minimum Gasteiger partial charge on any atom is -0.326 e. The summed E-state index contributed by atoms with van der Waals surface area (Å²) in [5, 5.41) is 2.60. The normalized spacial score (nSPS) is 16.4. The van der Waals surface area contributed by atoms with Gasteiger partial charge in [0.05, 0.1) is 5.02 Å². The van der Waals surface area contributed by atoms with Gasteiger partial charge >= 0.3 is 0 Å². The zero-order valence-electron chi connectivity index (χ0n) is 13.9. The van der Waals surface area contributed by atoms with Crippen molar-refractivity contribution in [3.05, 3.63) is 59.4 Å². The number of halogens is 2. The lowest BCUT2D eigenvalue weighted by molar-refractivity contribution is -0.120. The number of para-hydroxylation sites is 1. The first-order chi connectivity index (χ1) is 12.4. The van der Waals surface area contributed by atoms with E-state index in [-0.39, 0.29) is 29.9 Å². The van der Waals surface area contributed by atoms with Crippen LogP contribution in [0.3, 0.4) is 0 Å². The van der Waals surface area contributed by atoms with E-state index in [0.29, 0.717) is 18.5 Å². The van der Waals surface area contributed by atoms with E-state index < -0.39 is 20.7 Å². The molecule has 1 aliphatic rings. The van der Waals surface area contributed by atoms with Gasteiger partial charge in [-0.15, -0.1) is 0 Å². The predicted molar refractivity (Wildman–Crippen MR) is 98.0 cm³/mol. The minimum absolute atomic E-state index is 0.137. The summed E-state index contributed by atoms with van der Waals surface area (Å²) in [5.74, 6) is -1.37. The van der Waals surface area contributed by atoms with Crippen LogP contribution in [-0.4, -0.2) is 31.7 Å². The molecule has 5 nitrogen and oxygen atoms in total. The van der Waals surface area contributed by atoms with Crippen molar-refractivity contribution in [1.29, 1.82) is 0 Å². The summed E-state index contributed by atoms with van der Waals surface area (Å²) in [6.45, 7) is 0.308. The third-order valence-electron chi connectivity index (χ3n) is 4.40. The van der Waals surface area contributed by atoms with Crippen LogP contribution in [0.25, 0.3) is 0 Å². The van der Waals surface area contributed by atoms with E-state index in [0.717, 1.165) is 0 Å². The summed E-state index contributed by atoms with van der Waals surface area (Å²) in [7, 11) is -3.98.